The average molecular weight is 289 g/mol. The second-order valence-corrected chi connectivity index (χ2v) is 5.65. The molecule has 1 N–H and O–H groups in total. The molecular formula is C17H27N3O. The van der Waals surface area contributed by atoms with Gasteiger partial charge in [0.1, 0.15) is 5.82 Å². The van der Waals surface area contributed by atoms with Crippen molar-refractivity contribution in [2.45, 2.75) is 58.9 Å². The fourth-order valence-electron chi connectivity index (χ4n) is 3.11. The van der Waals surface area contributed by atoms with Gasteiger partial charge in [0.25, 0.3) is 5.91 Å². The first-order chi connectivity index (χ1) is 10.2. The lowest BCUT2D eigenvalue weighted by atomic mass is 10.1. The fraction of sp³-hybridized carbons (Fsp3) is 0.647. The number of hydrogen-bond acceptors (Lipinski definition) is 3. The summed E-state index contributed by atoms with van der Waals surface area (Å²) in [5.41, 5.74) is 1.74. The summed E-state index contributed by atoms with van der Waals surface area (Å²) < 4.78 is 0. The highest BCUT2D eigenvalue weighted by Crippen LogP contribution is 2.25. The Balaban J connectivity index is 2.25. The molecule has 1 heterocycles. The first-order valence-corrected chi connectivity index (χ1v) is 8.25. The van der Waals surface area contributed by atoms with E-state index < -0.39 is 0 Å². The van der Waals surface area contributed by atoms with Crippen molar-refractivity contribution in [3.05, 3.63) is 23.4 Å². The molecular weight excluding hydrogens is 262 g/mol. The van der Waals surface area contributed by atoms with Crippen molar-refractivity contribution >= 4 is 11.7 Å². The Morgan fingerprint density at radius 3 is 2.57 bits per heavy atom. The van der Waals surface area contributed by atoms with Crippen LogP contribution >= 0.6 is 0 Å². The van der Waals surface area contributed by atoms with Gasteiger partial charge >= 0.3 is 0 Å². The Morgan fingerprint density at radius 2 is 2.00 bits per heavy atom. The minimum Gasteiger partial charge on any atom is -0.370 e. The number of nitrogens with one attached hydrogen (secondary N) is 1. The highest BCUT2D eigenvalue weighted by atomic mass is 16.2. The molecule has 0 aromatic carbocycles. The molecule has 0 spiro atoms. The van der Waals surface area contributed by atoms with E-state index in [1.807, 2.05) is 24.0 Å². The summed E-state index contributed by atoms with van der Waals surface area (Å²) >= 11 is 0. The quantitative estimate of drug-likeness (QED) is 0.872. The zero-order valence-electron chi connectivity index (χ0n) is 13.5. The summed E-state index contributed by atoms with van der Waals surface area (Å²) in [5, 5.41) is 3.22. The number of carbonyl (C=O) groups excluding carboxylic acids is 1. The molecule has 1 saturated carbocycles. The van der Waals surface area contributed by atoms with Crippen molar-refractivity contribution in [3.8, 4) is 0 Å². The zero-order valence-corrected chi connectivity index (χ0v) is 13.5. The average Bonchev–Trinajstić information content (AvgIpc) is 3.02. The topological polar surface area (TPSA) is 45.2 Å². The van der Waals surface area contributed by atoms with Crippen molar-refractivity contribution in [2.75, 3.05) is 18.4 Å². The smallest absolute Gasteiger partial charge is 0.254 e. The van der Waals surface area contributed by atoms with Crippen LogP contribution in [-0.2, 0) is 6.42 Å². The summed E-state index contributed by atoms with van der Waals surface area (Å²) in [6, 6.07) is 4.26. The molecule has 0 atom stereocenters. The van der Waals surface area contributed by atoms with Gasteiger partial charge in [-0.2, -0.15) is 0 Å². The molecule has 0 bridgehead atoms. The Morgan fingerprint density at radius 1 is 1.29 bits per heavy atom. The molecule has 2 rings (SSSR count). The van der Waals surface area contributed by atoms with Gasteiger partial charge < -0.3 is 10.2 Å². The molecule has 21 heavy (non-hydrogen) atoms. The molecule has 0 saturated heterocycles. The van der Waals surface area contributed by atoms with Crippen LogP contribution in [0.2, 0.25) is 0 Å². The zero-order chi connectivity index (χ0) is 15.2. The highest BCUT2D eigenvalue weighted by molar-refractivity contribution is 5.95. The molecule has 1 aromatic heterocycles. The van der Waals surface area contributed by atoms with E-state index >= 15 is 0 Å². The minimum absolute atomic E-state index is 0.153. The molecule has 1 amide bonds. The third-order valence-corrected chi connectivity index (χ3v) is 4.21. The van der Waals surface area contributed by atoms with Crippen LogP contribution < -0.4 is 5.32 Å². The molecule has 1 aliphatic carbocycles. The number of rotatable bonds is 6. The molecule has 1 fully saturated rings. The first kappa shape index (κ1) is 15.8. The van der Waals surface area contributed by atoms with Crippen LogP contribution in [0.25, 0.3) is 0 Å². The van der Waals surface area contributed by atoms with E-state index in [-0.39, 0.29) is 5.91 Å². The minimum atomic E-state index is 0.153. The summed E-state index contributed by atoms with van der Waals surface area (Å²) in [4.78, 5) is 19.4. The summed E-state index contributed by atoms with van der Waals surface area (Å²) in [6.45, 7) is 7.78. The van der Waals surface area contributed by atoms with Gasteiger partial charge in [-0.1, -0.05) is 19.8 Å². The molecule has 4 nitrogen and oxygen atoms in total. The van der Waals surface area contributed by atoms with E-state index in [0.29, 0.717) is 6.04 Å². The second kappa shape index (κ2) is 7.43. The van der Waals surface area contributed by atoms with Gasteiger partial charge in [-0.25, -0.2) is 4.98 Å². The van der Waals surface area contributed by atoms with Crippen LogP contribution in [0.5, 0.6) is 0 Å². The van der Waals surface area contributed by atoms with Gasteiger partial charge in [0, 0.05) is 30.4 Å². The molecule has 0 radical (unpaired) electrons. The largest absolute Gasteiger partial charge is 0.370 e. The van der Waals surface area contributed by atoms with Gasteiger partial charge in [-0.05, 0) is 45.2 Å². The fourth-order valence-corrected chi connectivity index (χ4v) is 3.11. The van der Waals surface area contributed by atoms with Crippen molar-refractivity contribution in [3.63, 3.8) is 0 Å². The third kappa shape index (κ3) is 3.74. The van der Waals surface area contributed by atoms with Crippen LogP contribution in [0.4, 0.5) is 5.82 Å². The molecule has 1 aliphatic rings. The van der Waals surface area contributed by atoms with Gasteiger partial charge in [0.2, 0.25) is 0 Å². The number of hydrogen-bond donors (Lipinski definition) is 1. The molecule has 0 unspecified atom stereocenters. The van der Waals surface area contributed by atoms with Crippen LogP contribution in [0.15, 0.2) is 12.1 Å². The summed E-state index contributed by atoms with van der Waals surface area (Å²) in [6.07, 6.45) is 5.62. The lowest BCUT2D eigenvalue weighted by Crippen LogP contribution is -2.38. The standard InChI is InChI=1S/C17H27N3O/c1-4-14-11-13(12-16(19-14)18-5-2)17(21)20(6-3)15-9-7-8-10-15/h11-12,15H,4-10H2,1-3H3,(H,18,19). The van der Waals surface area contributed by atoms with E-state index in [9.17, 15) is 4.79 Å². The van der Waals surface area contributed by atoms with E-state index in [1.165, 1.54) is 12.8 Å². The maximum atomic E-state index is 12.9. The Labute approximate surface area is 127 Å². The van der Waals surface area contributed by atoms with Crippen molar-refractivity contribution in [1.29, 1.82) is 0 Å². The number of aromatic nitrogens is 1. The van der Waals surface area contributed by atoms with Crippen molar-refractivity contribution in [2.24, 2.45) is 0 Å². The predicted molar refractivity (Wildman–Crippen MR) is 86.7 cm³/mol. The van der Waals surface area contributed by atoms with Crippen molar-refractivity contribution < 1.29 is 4.79 Å². The van der Waals surface area contributed by atoms with E-state index in [0.717, 1.165) is 49.4 Å². The Kier molecular flexibility index (Phi) is 5.59. The molecule has 1 aromatic rings. The SMILES string of the molecule is CCNc1cc(C(=O)N(CC)C2CCCC2)cc(CC)n1. The van der Waals surface area contributed by atoms with Gasteiger partial charge in [-0.15, -0.1) is 0 Å². The first-order valence-electron chi connectivity index (χ1n) is 8.25. The number of pyridine rings is 1. The lowest BCUT2D eigenvalue weighted by molar-refractivity contribution is 0.0693. The Bertz CT molecular complexity index is 481. The molecule has 0 aliphatic heterocycles. The van der Waals surface area contributed by atoms with Gasteiger partial charge in [0.05, 0.1) is 0 Å². The molecule has 116 valence electrons. The second-order valence-electron chi connectivity index (χ2n) is 5.65. The van der Waals surface area contributed by atoms with Gasteiger partial charge in [-0.3, -0.25) is 4.79 Å². The number of amides is 1. The highest BCUT2D eigenvalue weighted by Gasteiger charge is 2.26. The number of nitrogens with zero attached hydrogens (tertiary/aromatic N) is 2. The third-order valence-electron chi connectivity index (χ3n) is 4.21. The van der Waals surface area contributed by atoms with Crippen LogP contribution in [0, 0.1) is 0 Å². The maximum Gasteiger partial charge on any atom is 0.254 e. The maximum absolute atomic E-state index is 12.9. The summed E-state index contributed by atoms with van der Waals surface area (Å²) in [7, 11) is 0. The number of anilines is 1. The normalized spacial score (nSPS) is 15.2. The lowest BCUT2D eigenvalue weighted by Gasteiger charge is -2.28. The van der Waals surface area contributed by atoms with E-state index in [4.69, 9.17) is 0 Å². The molecule has 4 heteroatoms. The van der Waals surface area contributed by atoms with Crippen LogP contribution in [0.3, 0.4) is 0 Å². The van der Waals surface area contributed by atoms with Crippen molar-refractivity contribution in [1.82, 2.24) is 9.88 Å². The van der Waals surface area contributed by atoms with Crippen LogP contribution in [-0.4, -0.2) is 34.9 Å². The van der Waals surface area contributed by atoms with Crippen LogP contribution in [0.1, 0.15) is 62.5 Å². The summed E-state index contributed by atoms with van der Waals surface area (Å²) in [5.74, 6) is 0.961. The monoisotopic (exact) mass is 289 g/mol. The Hall–Kier alpha value is -1.58. The van der Waals surface area contributed by atoms with E-state index in [1.54, 1.807) is 0 Å². The number of aryl methyl sites for hydroxylation is 1. The number of carbonyl (C=O) groups is 1. The predicted octanol–water partition coefficient (Wildman–Crippen LogP) is 3.48. The van der Waals surface area contributed by atoms with E-state index in [2.05, 4.69) is 24.1 Å². The van der Waals surface area contributed by atoms with Gasteiger partial charge in [0.15, 0.2) is 0 Å².